The van der Waals surface area contributed by atoms with Gasteiger partial charge in [0.15, 0.2) is 0 Å². The van der Waals surface area contributed by atoms with Crippen LogP contribution in [-0.4, -0.2) is 46.6 Å². The van der Waals surface area contributed by atoms with Crippen molar-refractivity contribution in [3.05, 3.63) is 59.7 Å². The Morgan fingerprint density at radius 2 is 1.66 bits per heavy atom. The van der Waals surface area contributed by atoms with Crippen LogP contribution in [0.1, 0.15) is 49.5 Å². The van der Waals surface area contributed by atoms with E-state index in [1.807, 2.05) is 12.1 Å². The van der Waals surface area contributed by atoms with Gasteiger partial charge in [0.25, 0.3) is 5.91 Å². The van der Waals surface area contributed by atoms with Crippen LogP contribution in [0.3, 0.4) is 0 Å². The minimum absolute atomic E-state index is 0.393. The van der Waals surface area contributed by atoms with Crippen LogP contribution < -0.4 is 5.32 Å². The molecule has 0 bridgehead atoms. The van der Waals surface area contributed by atoms with Crippen molar-refractivity contribution in [3.63, 3.8) is 0 Å². The number of carbonyl (C=O) groups excluding carboxylic acids is 1. The van der Waals surface area contributed by atoms with Crippen molar-refractivity contribution in [2.45, 2.75) is 51.6 Å². The SMILES string of the molecule is CC1CCCN1CCc1ccc(-c2ccc(C(=O)NC(C)(C)C(=O)O)cc2)cc1. The Morgan fingerprint density at radius 3 is 2.17 bits per heavy atom. The maximum Gasteiger partial charge on any atom is 0.328 e. The van der Waals surface area contributed by atoms with E-state index in [-0.39, 0.29) is 0 Å². The van der Waals surface area contributed by atoms with Crippen molar-refractivity contribution in [1.29, 1.82) is 0 Å². The van der Waals surface area contributed by atoms with Gasteiger partial charge in [0, 0.05) is 18.2 Å². The Balaban J connectivity index is 1.61. The molecule has 1 aliphatic heterocycles. The summed E-state index contributed by atoms with van der Waals surface area (Å²) in [5.74, 6) is -1.46. The van der Waals surface area contributed by atoms with Gasteiger partial charge in [-0.1, -0.05) is 36.4 Å². The summed E-state index contributed by atoms with van der Waals surface area (Å²) in [6, 6.07) is 16.5. The van der Waals surface area contributed by atoms with Gasteiger partial charge in [-0.15, -0.1) is 0 Å². The molecule has 2 aromatic carbocycles. The quantitative estimate of drug-likeness (QED) is 0.745. The highest BCUT2D eigenvalue weighted by Crippen LogP contribution is 2.22. The molecule has 5 nitrogen and oxygen atoms in total. The van der Waals surface area contributed by atoms with Crippen LogP contribution >= 0.6 is 0 Å². The van der Waals surface area contributed by atoms with Crippen molar-refractivity contribution in [1.82, 2.24) is 10.2 Å². The fourth-order valence-electron chi connectivity index (χ4n) is 3.69. The van der Waals surface area contributed by atoms with Gasteiger partial charge in [0.1, 0.15) is 5.54 Å². The van der Waals surface area contributed by atoms with E-state index in [1.54, 1.807) is 12.1 Å². The topological polar surface area (TPSA) is 69.6 Å². The maximum atomic E-state index is 12.3. The average Bonchev–Trinajstić information content (AvgIpc) is 3.11. The number of aliphatic carboxylic acids is 1. The monoisotopic (exact) mass is 394 g/mol. The van der Waals surface area contributed by atoms with Crippen LogP contribution in [0.25, 0.3) is 11.1 Å². The first kappa shape index (κ1) is 21.1. The molecule has 1 amide bonds. The van der Waals surface area contributed by atoms with Gasteiger partial charge in [0.05, 0.1) is 0 Å². The summed E-state index contributed by atoms with van der Waals surface area (Å²) in [5.41, 5.74) is 2.59. The van der Waals surface area contributed by atoms with Crippen molar-refractivity contribution < 1.29 is 14.7 Å². The summed E-state index contributed by atoms with van der Waals surface area (Å²) < 4.78 is 0. The number of benzene rings is 2. The molecule has 1 saturated heterocycles. The number of nitrogens with zero attached hydrogens (tertiary/aromatic N) is 1. The fraction of sp³-hybridized carbons (Fsp3) is 0.417. The standard InChI is InChI=1S/C24H30N2O3/c1-17-5-4-15-26(17)16-14-18-6-8-19(9-7-18)20-10-12-21(13-11-20)22(27)25-24(2,3)23(28)29/h6-13,17H,4-5,14-16H2,1-3H3,(H,25,27)(H,28,29). The lowest BCUT2D eigenvalue weighted by atomic mass is 10.0. The minimum atomic E-state index is -1.31. The minimum Gasteiger partial charge on any atom is -0.480 e. The summed E-state index contributed by atoms with van der Waals surface area (Å²) in [7, 11) is 0. The third kappa shape index (κ3) is 5.24. The number of hydrogen-bond acceptors (Lipinski definition) is 3. The molecule has 1 heterocycles. The van der Waals surface area contributed by atoms with Crippen LogP contribution in [0.4, 0.5) is 0 Å². The van der Waals surface area contributed by atoms with Gasteiger partial charge in [0.2, 0.25) is 0 Å². The average molecular weight is 395 g/mol. The highest BCUT2D eigenvalue weighted by Gasteiger charge is 2.29. The zero-order chi connectivity index (χ0) is 21.0. The van der Waals surface area contributed by atoms with Crippen LogP contribution in [0.5, 0.6) is 0 Å². The summed E-state index contributed by atoms with van der Waals surface area (Å²) in [6.07, 6.45) is 3.67. The van der Waals surface area contributed by atoms with E-state index >= 15 is 0 Å². The van der Waals surface area contributed by atoms with E-state index in [0.29, 0.717) is 11.6 Å². The predicted molar refractivity (Wildman–Crippen MR) is 115 cm³/mol. The fourth-order valence-corrected chi connectivity index (χ4v) is 3.69. The number of carboxylic acid groups (broad SMARTS) is 1. The van der Waals surface area contributed by atoms with Crippen LogP contribution in [0, 0.1) is 0 Å². The lowest BCUT2D eigenvalue weighted by Gasteiger charge is -2.21. The highest BCUT2D eigenvalue weighted by molar-refractivity contribution is 5.98. The molecule has 1 unspecified atom stereocenters. The van der Waals surface area contributed by atoms with Crippen LogP contribution in [0.15, 0.2) is 48.5 Å². The number of nitrogens with one attached hydrogen (secondary N) is 1. The molecule has 2 aromatic rings. The number of carboxylic acids is 1. The molecule has 5 heteroatoms. The van der Waals surface area contributed by atoms with Crippen molar-refractivity contribution in [2.24, 2.45) is 0 Å². The highest BCUT2D eigenvalue weighted by atomic mass is 16.4. The molecule has 29 heavy (non-hydrogen) atoms. The Labute approximate surface area is 172 Å². The summed E-state index contributed by atoms with van der Waals surface area (Å²) >= 11 is 0. The molecule has 3 rings (SSSR count). The van der Waals surface area contributed by atoms with Gasteiger partial charge >= 0.3 is 5.97 Å². The Morgan fingerprint density at radius 1 is 1.07 bits per heavy atom. The van der Waals surface area contributed by atoms with Crippen LogP contribution in [0.2, 0.25) is 0 Å². The largest absolute Gasteiger partial charge is 0.480 e. The number of likely N-dealkylation sites (tertiary alicyclic amines) is 1. The zero-order valence-electron chi connectivity index (χ0n) is 17.4. The number of hydrogen-bond donors (Lipinski definition) is 2. The Kier molecular flexibility index (Phi) is 6.38. The number of carbonyl (C=O) groups is 2. The van der Waals surface area contributed by atoms with E-state index < -0.39 is 17.4 Å². The van der Waals surface area contributed by atoms with E-state index in [2.05, 4.69) is 41.4 Å². The summed E-state index contributed by atoms with van der Waals surface area (Å²) in [4.78, 5) is 26.0. The predicted octanol–water partition coefficient (Wildman–Crippen LogP) is 3.97. The molecule has 1 fully saturated rings. The summed E-state index contributed by atoms with van der Waals surface area (Å²) in [6.45, 7) is 7.56. The molecule has 0 aromatic heterocycles. The molecule has 0 spiro atoms. The molecular weight excluding hydrogens is 364 g/mol. The first-order valence-corrected chi connectivity index (χ1v) is 10.3. The molecule has 1 atom stereocenters. The second-order valence-electron chi connectivity index (χ2n) is 8.44. The zero-order valence-corrected chi connectivity index (χ0v) is 17.4. The van der Waals surface area contributed by atoms with Crippen molar-refractivity contribution in [3.8, 4) is 11.1 Å². The van der Waals surface area contributed by atoms with Crippen molar-refractivity contribution >= 4 is 11.9 Å². The molecule has 2 N–H and O–H groups in total. The maximum absolute atomic E-state index is 12.3. The Bertz CT molecular complexity index is 857. The van der Waals surface area contributed by atoms with Crippen LogP contribution in [-0.2, 0) is 11.2 Å². The van der Waals surface area contributed by atoms with Gasteiger partial charge < -0.3 is 15.3 Å². The van der Waals surface area contributed by atoms with Gasteiger partial charge in [-0.25, -0.2) is 4.79 Å². The second-order valence-corrected chi connectivity index (χ2v) is 8.44. The smallest absolute Gasteiger partial charge is 0.328 e. The summed E-state index contributed by atoms with van der Waals surface area (Å²) in [5, 5.41) is 11.7. The first-order chi connectivity index (χ1) is 13.8. The normalized spacial score (nSPS) is 17.3. The van der Waals surface area contributed by atoms with E-state index in [9.17, 15) is 9.59 Å². The van der Waals surface area contributed by atoms with Gasteiger partial charge in [-0.3, -0.25) is 4.79 Å². The van der Waals surface area contributed by atoms with Crippen molar-refractivity contribution in [2.75, 3.05) is 13.1 Å². The molecule has 1 aliphatic rings. The number of amides is 1. The first-order valence-electron chi connectivity index (χ1n) is 10.3. The Hall–Kier alpha value is -2.66. The third-order valence-electron chi connectivity index (χ3n) is 5.77. The van der Waals surface area contributed by atoms with Gasteiger partial charge in [-0.2, -0.15) is 0 Å². The molecule has 0 aliphatic carbocycles. The van der Waals surface area contributed by atoms with E-state index in [4.69, 9.17) is 5.11 Å². The van der Waals surface area contributed by atoms with E-state index in [1.165, 1.54) is 38.8 Å². The second kappa shape index (κ2) is 8.78. The third-order valence-corrected chi connectivity index (χ3v) is 5.77. The molecule has 154 valence electrons. The molecule has 0 radical (unpaired) electrons. The molecular formula is C24H30N2O3. The lowest BCUT2D eigenvalue weighted by molar-refractivity contribution is -0.143. The lowest BCUT2D eigenvalue weighted by Crippen LogP contribution is -2.49. The molecule has 0 saturated carbocycles. The number of rotatable bonds is 7. The van der Waals surface area contributed by atoms with E-state index in [0.717, 1.165) is 24.1 Å². The van der Waals surface area contributed by atoms with Gasteiger partial charge in [-0.05, 0) is 75.4 Å².